The van der Waals surface area contributed by atoms with Gasteiger partial charge in [-0.3, -0.25) is 0 Å². The van der Waals surface area contributed by atoms with E-state index in [1.807, 2.05) is 0 Å². The lowest BCUT2D eigenvalue weighted by molar-refractivity contribution is -0.236. The van der Waals surface area contributed by atoms with E-state index in [4.69, 9.17) is 20.7 Å². The molecule has 0 aromatic heterocycles. The molecule has 5 N–H and O–H groups in total. The molecule has 5 heteroatoms. The second-order valence-electron chi connectivity index (χ2n) is 2.79. The maximum Gasteiger partial charge on any atom is 0.172 e. The molecule has 1 fully saturated rings. The Hall–Kier alpha value is -0.200. The maximum atomic E-state index is 9.17. The Labute approximate surface area is 64.4 Å². The minimum atomic E-state index is -1.19. The average Bonchev–Trinajstić information content (AvgIpc) is 1.97. The van der Waals surface area contributed by atoms with Gasteiger partial charge < -0.3 is 25.8 Å². The zero-order chi connectivity index (χ0) is 8.59. The monoisotopic (exact) mass is 163 g/mol. The van der Waals surface area contributed by atoms with Gasteiger partial charge in [0.25, 0.3) is 0 Å². The predicted molar refractivity (Wildman–Crippen MR) is 36.5 cm³/mol. The molecule has 0 spiro atoms. The fraction of sp³-hybridized carbons (Fsp3) is 1.00. The van der Waals surface area contributed by atoms with Crippen LogP contribution >= 0.6 is 0 Å². The van der Waals surface area contributed by atoms with Crippen LogP contribution in [0, 0.1) is 0 Å². The fourth-order valence-corrected chi connectivity index (χ4v) is 1.07. The van der Waals surface area contributed by atoms with Crippen LogP contribution < -0.4 is 5.73 Å². The lowest BCUT2D eigenvalue weighted by Gasteiger charge is -2.37. The molecule has 0 radical (unpaired) electrons. The number of rotatable bonds is 0. The first-order valence-electron chi connectivity index (χ1n) is 3.49. The summed E-state index contributed by atoms with van der Waals surface area (Å²) in [5.41, 5.74) is 5.29. The first kappa shape index (κ1) is 8.89. The van der Waals surface area contributed by atoms with Crippen LogP contribution in [0.25, 0.3) is 0 Å². The molecule has 0 saturated carbocycles. The van der Waals surface area contributed by atoms with Gasteiger partial charge in [-0.2, -0.15) is 0 Å². The van der Waals surface area contributed by atoms with Crippen LogP contribution in [0.4, 0.5) is 0 Å². The van der Waals surface area contributed by atoms with E-state index in [1.165, 1.54) is 0 Å². The van der Waals surface area contributed by atoms with Crippen molar-refractivity contribution < 1.29 is 20.1 Å². The number of aliphatic hydroxyl groups excluding tert-OH is 3. The topological polar surface area (TPSA) is 95.9 Å². The van der Waals surface area contributed by atoms with Crippen molar-refractivity contribution in [2.75, 3.05) is 0 Å². The average molecular weight is 163 g/mol. The molecule has 0 aromatic rings. The molecule has 5 nitrogen and oxygen atoms in total. The molecular weight excluding hydrogens is 150 g/mol. The smallest absolute Gasteiger partial charge is 0.172 e. The van der Waals surface area contributed by atoms with Crippen molar-refractivity contribution in [3.63, 3.8) is 0 Å². The van der Waals surface area contributed by atoms with Gasteiger partial charge in [0, 0.05) is 0 Å². The summed E-state index contributed by atoms with van der Waals surface area (Å²) < 4.78 is 4.80. The Morgan fingerprint density at radius 3 is 2.27 bits per heavy atom. The molecule has 1 aliphatic heterocycles. The highest BCUT2D eigenvalue weighted by molar-refractivity contribution is 4.88. The van der Waals surface area contributed by atoms with Crippen molar-refractivity contribution in [1.29, 1.82) is 0 Å². The van der Waals surface area contributed by atoms with Gasteiger partial charge >= 0.3 is 0 Å². The van der Waals surface area contributed by atoms with Crippen molar-refractivity contribution in [3.05, 3.63) is 0 Å². The van der Waals surface area contributed by atoms with Gasteiger partial charge in [-0.15, -0.1) is 0 Å². The van der Waals surface area contributed by atoms with E-state index in [0.717, 1.165) is 0 Å². The molecule has 1 saturated heterocycles. The van der Waals surface area contributed by atoms with E-state index in [2.05, 4.69) is 0 Å². The van der Waals surface area contributed by atoms with Crippen LogP contribution in [0.15, 0.2) is 0 Å². The molecule has 0 aromatic carbocycles. The van der Waals surface area contributed by atoms with Gasteiger partial charge in [0.05, 0.1) is 12.1 Å². The molecule has 0 aliphatic carbocycles. The van der Waals surface area contributed by atoms with Crippen LogP contribution in [0.3, 0.4) is 0 Å². The third-order valence-electron chi connectivity index (χ3n) is 1.91. The molecule has 1 aliphatic rings. The number of nitrogens with two attached hydrogens (primary N) is 1. The van der Waals surface area contributed by atoms with E-state index in [9.17, 15) is 5.11 Å². The molecule has 11 heavy (non-hydrogen) atoms. The Morgan fingerprint density at radius 2 is 1.73 bits per heavy atom. The highest BCUT2D eigenvalue weighted by atomic mass is 16.6. The molecule has 66 valence electrons. The number of hydrogen-bond donors (Lipinski definition) is 4. The second kappa shape index (κ2) is 3.04. The van der Waals surface area contributed by atoms with Gasteiger partial charge in [-0.05, 0) is 6.92 Å². The van der Waals surface area contributed by atoms with Crippen LogP contribution in [0.2, 0.25) is 0 Å². The lowest BCUT2D eigenvalue weighted by Crippen LogP contribution is -2.60. The summed E-state index contributed by atoms with van der Waals surface area (Å²) in [5, 5.41) is 27.4. The zero-order valence-corrected chi connectivity index (χ0v) is 6.21. The van der Waals surface area contributed by atoms with Crippen molar-refractivity contribution in [2.45, 2.75) is 37.6 Å². The maximum absolute atomic E-state index is 9.17. The van der Waals surface area contributed by atoms with E-state index >= 15 is 0 Å². The van der Waals surface area contributed by atoms with E-state index in [-0.39, 0.29) is 0 Å². The van der Waals surface area contributed by atoms with Crippen LogP contribution in [-0.4, -0.2) is 46.0 Å². The Bertz CT molecular complexity index is 129. The third-order valence-corrected chi connectivity index (χ3v) is 1.91. The van der Waals surface area contributed by atoms with Crippen molar-refractivity contribution in [1.82, 2.24) is 0 Å². The van der Waals surface area contributed by atoms with Crippen molar-refractivity contribution in [3.8, 4) is 0 Å². The van der Waals surface area contributed by atoms with Crippen LogP contribution in [0.1, 0.15) is 6.92 Å². The summed E-state index contributed by atoms with van der Waals surface area (Å²) in [4.78, 5) is 0. The number of ether oxygens (including phenoxy) is 1. The van der Waals surface area contributed by atoms with Crippen molar-refractivity contribution in [2.24, 2.45) is 5.73 Å². The molecule has 1 heterocycles. The van der Waals surface area contributed by atoms with Crippen LogP contribution in [-0.2, 0) is 4.74 Å². The minimum absolute atomic E-state index is 0.584. The first-order valence-corrected chi connectivity index (χ1v) is 3.49. The SMILES string of the molecule is C[C@H]1O[C@H](O)[C@@H](N)[C@H](O)[C@H]1O. The van der Waals surface area contributed by atoms with Gasteiger partial charge in [-0.1, -0.05) is 0 Å². The summed E-state index contributed by atoms with van der Waals surface area (Å²) in [6.07, 6.45) is -3.91. The van der Waals surface area contributed by atoms with E-state index in [0.29, 0.717) is 0 Å². The van der Waals surface area contributed by atoms with E-state index < -0.39 is 30.6 Å². The summed E-state index contributed by atoms with van der Waals surface area (Å²) >= 11 is 0. The van der Waals surface area contributed by atoms with Gasteiger partial charge in [0.1, 0.15) is 12.2 Å². The highest BCUT2D eigenvalue weighted by Gasteiger charge is 2.39. The quantitative estimate of drug-likeness (QED) is 0.324. The largest absolute Gasteiger partial charge is 0.388 e. The number of hydrogen-bond acceptors (Lipinski definition) is 5. The molecular formula is C6H13NO4. The molecule has 1 rings (SSSR count). The molecule has 0 amide bonds. The van der Waals surface area contributed by atoms with E-state index in [1.54, 1.807) is 6.92 Å². The first-order chi connectivity index (χ1) is 5.04. The molecule has 0 bridgehead atoms. The lowest BCUT2D eigenvalue weighted by atomic mass is 9.99. The summed E-state index contributed by atoms with van der Waals surface area (Å²) in [6, 6.07) is -0.929. The second-order valence-corrected chi connectivity index (χ2v) is 2.79. The Morgan fingerprint density at radius 1 is 1.18 bits per heavy atom. The summed E-state index contributed by atoms with van der Waals surface area (Å²) in [7, 11) is 0. The fourth-order valence-electron chi connectivity index (χ4n) is 1.07. The van der Waals surface area contributed by atoms with Crippen LogP contribution in [0.5, 0.6) is 0 Å². The predicted octanol–water partition coefficient (Wildman–Crippen LogP) is -2.23. The Kier molecular flexibility index (Phi) is 2.46. The van der Waals surface area contributed by atoms with Gasteiger partial charge in [0.15, 0.2) is 6.29 Å². The van der Waals surface area contributed by atoms with Crippen molar-refractivity contribution >= 4 is 0 Å². The number of aliphatic hydroxyl groups is 3. The molecule has 5 atom stereocenters. The Balaban J connectivity index is 2.63. The molecule has 0 unspecified atom stereocenters. The normalized spacial score (nSPS) is 52.6. The summed E-state index contributed by atoms with van der Waals surface area (Å²) in [5.74, 6) is 0. The zero-order valence-electron chi connectivity index (χ0n) is 6.21. The highest BCUT2D eigenvalue weighted by Crippen LogP contribution is 2.17. The third kappa shape index (κ3) is 1.52. The minimum Gasteiger partial charge on any atom is -0.388 e. The van der Waals surface area contributed by atoms with Gasteiger partial charge in [-0.25, -0.2) is 0 Å². The standard InChI is InChI=1S/C6H13NO4/c1-2-4(8)5(9)3(7)6(10)11-2/h2-6,8-10H,7H2,1H3/t2-,3+,4+,5+,6+/m1/s1. The summed E-state index contributed by atoms with van der Waals surface area (Å²) in [6.45, 7) is 1.56. The van der Waals surface area contributed by atoms with Gasteiger partial charge in [0.2, 0.25) is 0 Å².